The molecule has 0 spiro atoms. The molecule has 0 aromatic heterocycles. The third kappa shape index (κ3) is 2.28. The van der Waals surface area contributed by atoms with Crippen LogP contribution in [0.5, 0.6) is 0 Å². The van der Waals surface area contributed by atoms with Crippen molar-refractivity contribution in [2.75, 3.05) is 20.2 Å². The summed E-state index contributed by atoms with van der Waals surface area (Å²) in [5.74, 6) is -0.389. The van der Waals surface area contributed by atoms with Crippen molar-refractivity contribution in [1.29, 1.82) is 0 Å². The first kappa shape index (κ1) is 12.4. The van der Waals surface area contributed by atoms with E-state index < -0.39 is 31.0 Å². The maximum absolute atomic E-state index is 11.6. The maximum atomic E-state index is 11.6. The lowest BCUT2D eigenvalue weighted by atomic mass is 10.1. The minimum Gasteiger partial charge on any atom is -0.394 e. The minimum absolute atomic E-state index is 0.389. The number of rotatable bonds is 3. The predicted molar refractivity (Wildman–Crippen MR) is 51.1 cm³/mol. The van der Waals surface area contributed by atoms with Crippen molar-refractivity contribution in [2.45, 2.75) is 31.3 Å². The van der Waals surface area contributed by atoms with Crippen LogP contribution in [0.1, 0.15) is 6.92 Å². The number of carbonyl (C=O) groups is 1. The van der Waals surface area contributed by atoms with E-state index in [1.807, 2.05) is 0 Å². The predicted octanol–water partition coefficient (Wildman–Crippen LogP) is -2.05. The van der Waals surface area contributed by atoms with Crippen LogP contribution in [0.3, 0.4) is 0 Å². The summed E-state index contributed by atoms with van der Waals surface area (Å²) in [6, 6.07) is 0. The van der Waals surface area contributed by atoms with Crippen LogP contribution in [0.2, 0.25) is 0 Å². The Morgan fingerprint density at radius 3 is 2.40 bits per heavy atom. The van der Waals surface area contributed by atoms with Gasteiger partial charge in [0.05, 0.1) is 6.61 Å². The molecule has 1 fully saturated rings. The summed E-state index contributed by atoms with van der Waals surface area (Å²) in [6.07, 6.45) is -4.46. The fourth-order valence-corrected chi connectivity index (χ4v) is 1.48. The monoisotopic (exact) mass is 219 g/mol. The largest absolute Gasteiger partial charge is 0.394 e. The molecule has 88 valence electrons. The number of hydrogen-bond donors (Lipinski definition) is 3. The van der Waals surface area contributed by atoms with Gasteiger partial charge in [-0.1, -0.05) is 0 Å². The van der Waals surface area contributed by atoms with Crippen LogP contribution in [0.25, 0.3) is 0 Å². The molecule has 0 aliphatic carbocycles. The van der Waals surface area contributed by atoms with E-state index in [-0.39, 0.29) is 5.91 Å². The van der Waals surface area contributed by atoms with Crippen LogP contribution in [0, 0.1) is 0 Å². The van der Waals surface area contributed by atoms with Gasteiger partial charge in [0, 0.05) is 13.6 Å². The van der Waals surface area contributed by atoms with Gasteiger partial charge in [-0.05, 0) is 6.92 Å². The SMILES string of the molecule is CCN(C)C(=O)[C@H]1O[C@H](CO)[C@@H](O)[C@@H]1O. The highest BCUT2D eigenvalue weighted by Crippen LogP contribution is 2.22. The summed E-state index contributed by atoms with van der Waals surface area (Å²) in [6.45, 7) is 1.86. The topological polar surface area (TPSA) is 90.2 Å². The van der Waals surface area contributed by atoms with Crippen LogP contribution in [-0.4, -0.2) is 70.7 Å². The molecule has 0 unspecified atom stereocenters. The summed E-state index contributed by atoms with van der Waals surface area (Å²) in [7, 11) is 1.58. The highest BCUT2D eigenvalue weighted by Gasteiger charge is 2.46. The molecule has 1 rings (SSSR count). The van der Waals surface area contributed by atoms with E-state index >= 15 is 0 Å². The van der Waals surface area contributed by atoms with Crippen LogP contribution in [0.4, 0.5) is 0 Å². The highest BCUT2D eigenvalue weighted by molar-refractivity contribution is 5.81. The Bertz CT molecular complexity index is 235. The summed E-state index contributed by atoms with van der Waals surface area (Å²) < 4.78 is 5.08. The van der Waals surface area contributed by atoms with Gasteiger partial charge in [0.15, 0.2) is 6.10 Å². The summed E-state index contributed by atoms with van der Waals surface area (Å²) in [5, 5.41) is 27.8. The van der Waals surface area contributed by atoms with E-state index in [0.717, 1.165) is 0 Å². The Labute approximate surface area is 88.1 Å². The molecule has 1 aliphatic rings. The minimum atomic E-state index is -1.27. The smallest absolute Gasteiger partial charge is 0.254 e. The number of amides is 1. The number of aliphatic hydroxyl groups excluding tert-OH is 3. The average molecular weight is 219 g/mol. The molecule has 0 radical (unpaired) electrons. The normalized spacial score (nSPS) is 35.5. The zero-order valence-corrected chi connectivity index (χ0v) is 8.83. The third-order valence-corrected chi connectivity index (χ3v) is 2.64. The number of hydrogen-bond acceptors (Lipinski definition) is 5. The van der Waals surface area contributed by atoms with Crippen LogP contribution in [-0.2, 0) is 9.53 Å². The Hall–Kier alpha value is -0.690. The van der Waals surface area contributed by atoms with Crippen molar-refractivity contribution < 1.29 is 24.9 Å². The molecule has 0 bridgehead atoms. The third-order valence-electron chi connectivity index (χ3n) is 2.64. The van der Waals surface area contributed by atoms with Crippen LogP contribution >= 0.6 is 0 Å². The van der Waals surface area contributed by atoms with E-state index in [0.29, 0.717) is 6.54 Å². The number of ether oxygens (including phenoxy) is 1. The summed E-state index contributed by atoms with van der Waals surface area (Å²) >= 11 is 0. The average Bonchev–Trinajstić information content (AvgIpc) is 2.54. The molecule has 1 amide bonds. The Morgan fingerprint density at radius 1 is 1.40 bits per heavy atom. The molecule has 6 nitrogen and oxygen atoms in total. The lowest BCUT2D eigenvalue weighted by molar-refractivity contribution is -0.145. The first-order chi connectivity index (χ1) is 7.02. The number of carbonyl (C=O) groups excluding carboxylic acids is 1. The fraction of sp³-hybridized carbons (Fsp3) is 0.889. The van der Waals surface area contributed by atoms with Gasteiger partial charge in [0.25, 0.3) is 5.91 Å². The number of nitrogens with zero attached hydrogens (tertiary/aromatic N) is 1. The van der Waals surface area contributed by atoms with Crippen molar-refractivity contribution in [3.8, 4) is 0 Å². The van der Waals surface area contributed by atoms with Gasteiger partial charge in [-0.2, -0.15) is 0 Å². The van der Waals surface area contributed by atoms with Crippen molar-refractivity contribution in [3.05, 3.63) is 0 Å². The summed E-state index contributed by atoms with van der Waals surface area (Å²) in [5.41, 5.74) is 0. The van der Waals surface area contributed by atoms with Gasteiger partial charge in [-0.25, -0.2) is 0 Å². The van der Waals surface area contributed by atoms with E-state index in [2.05, 4.69) is 0 Å². The summed E-state index contributed by atoms with van der Waals surface area (Å²) in [4.78, 5) is 13.0. The van der Waals surface area contributed by atoms with Gasteiger partial charge in [0.2, 0.25) is 0 Å². The number of likely N-dealkylation sites (N-methyl/N-ethyl adjacent to an activating group) is 1. The van der Waals surface area contributed by atoms with Gasteiger partial charge < -0.3 is 25.0 Å². The molecular weight excluding hydrogens is 202 g/mol. The first-order valence-electron chi connectivity index (χ1n) is 4.90. The van der Waals surface area contributed by atoms with Crippen molar-refractivity contribution in [3.63, 3.8) is 0 Å². The van der Waals surface area contributed by atoms with E-state index in [9.17, 15) is 15.0 Å². The second kappa shape index (κ2) is 4.89. The van der Waals surface area contributed by atoms with Gasteiger partial charge in [-0.3, -0.25) is 4.79 Å². The zero-order chi connectivity index (χ0) is 11.6. The number of aliphatic hydroxyl groups is 3. The Balaban J connectivity index is 2.68. The Kier molecular flexibility index (Phi) is 4.04. The standard InChI is InChI=1S/C9H17NO5/c1-3-10(2)9(14)8-7(13)6(12)5(4-11)15-8/h5-8,11-13H,3-4H2,1-2H3/t5-,6-,7+,8+/m1/s1. The van der Waals surface area contributed by atoms with E-state index in [4.69, 9.17) is 9.84 Å². The zero-order valence-electron chi connectivity index (χ0n) is 8.83. The molecule has 4 atom stereocenters. The van der Waals surface area contributed by atoms with Crippen molar-refractivity contribution >= 4 is 5.91 Å². The first-order valence-corrected chi connectivity index (χ1v) is 4.90. The molecule has 15 heavy (non-hydrogen) atoms. The van der Waals surface area contributed by atoms with E-state index in [1.54, 1.807) is 14.0 Å². The lowest BCUT2D eigenvalue weighted by Gasteiger charge is -2.20. The molecule has 0 aromatic carbocycles. The maximum Gasteiger partial charge on any atom is 0.254 e. The molecule has 6 heteroatoms. The second-order valence-electron chi connectivity index (χ2n) is 3.61. The second-order valence-corrected chi connectivity index (χ2v) is 3.61. The molecule has 1 saturated heterocycles. The van der Waals surface area contributed by atoms with Crippen molar-refractivity contribution in [2.24, 2.45) is 0 Å². The van der Waals surface area contributed by atoms with Crippen LogP contribution in [0.15, 0.2) is 0 Å². The molecule has 1 aliphatic heterocycles. The Morgan fingerprint density at radius 2 is 2.00 bits per heavy atom. The quantitative estimate of drug-likeness (QED) is 0.508. The van der Waals surface area contributed by atoms with Gasteiger partial charge in [-0.15, -0.1) is 0 Å². The molecule has 0 saturated carbocycles. The van der Waals surface area contributed by atoms with Gasteiger partial charge in [0.1, 0.15) is 18.3 Å². The van der Waals surface area contributed by atoms with Crippen molar-refractivity contribution in [1.82, 2.24) is 4.90 Å². The molecular formula is C9H17NO5. The highest BCUT2D eigenvalue weighted by atomic mass is 16.6. The van der Waals surface area contributed by atoms with Gasteiger partial charge >= 0.3 is 0 Å². The molecule has 1 heterocycles. The molecule has 3 N–H and O–H groups in total. The lowest BCUT2D eigenvalue weighted by Crippen LogP contribution is -2.43. The fourth-order valence-electron chi connectivity index (χ4n) is 1.48. The van der Waals surface area contributed by atoms with E-state index in [1.165, 1.54) is 4.90 Å². The molecule has 0 aromatic rings. The van der Waals surface area contributed by atoms with Crippen LogP contribution < -0.4 is 0 Å².